The van der Waals surface area contributed by atoms with Gasteiger partial charge < -0.3 is 19.8 Å². The molecule has 22 heavy (non-hydrogen) atoms. The minimum Gasteiger partial charge on any atom is -0.489 e. The molecule has 2 aromatic rings. The van der Waals surface area contributed by atoms with Crippen molar-refractivity contribution in [3.8, 4) is 5.75 Å². The predicted molar refractivity (Wildman–Crippen MR) is 87.9 cm³/mol. The zero-order chi connectivity index (χ0) is 15.6. The Morgan fingerprint density at radius 3 is 2.77 bits per heavy atom. The van der Waals surface area contributed by atoms with Crippen LogP contribution in [0.4, 0.5) is 0 Å². The van der Waals surface area contributed by atoms with Crippen LogP contribution >= 0.6 is 0 Å². The number of rotatable bonds is 7. The largest absolute Gasteiger partial charge is 0.489 e. The monoisotopic (exact) mass is 299 g/mol. The van der Waals surface area contributed by atoms with E-state index in [0.29, 0.717) is 25.7 Å². The minimum atomic E-state index is 0.489. The molecule has 0 aliphatic heterocycles. The fourth-order valence-electron chi connectivity index (χ4n) is 1.92. The fraction of sp³-hybridized carbons (Fsp3) is 0.235. The molecule has 0 spiro atoms. The highest BCUT2D eigenvalue weighted by Gasteiger charge is 2.04. The van der Waals surface area contributed by atoms with E-state index < -0.39 is 0 Å². The third-order valence-corrected chi connectivity index (χ3v) is 3.01. The zero-order valence-electron chi connectivity index (χ0n) is 12.7. The molecule has 0 atom stereocenters. The van der Waals surface area contributed by atoms with E-state index in [4.69, 9.17) is 9.15 Å². The van der Waals surface area contributed by atoms with Crippen LogP contribution in [0, 0.1) is 0 Å². The van der Waals surface area contributed by atoms with Crippen molar-refractivity contribution >= 4 is 5.96 Å². The van der Waals surface area contributed by atoms with Crippen molar-refractivity contribution in [3.05, 3.63) is 66.6 Å². The highest BCUT2D eigenvalue weighted by molar-refractivity contribution is 5.79. The molecule has 116 valence electrons. The molecule has 2 rings (SSSR count). The van der Waals surface area contributed by atoms with Crippen molar-refractivity contribution in [2.45, 2.75) is 13.1 Å². The van der Waals surface area contributed by atoms with Gasteiger partial charge in [0.2, 0.25) is 0 Å². The van der Waals surface area contributed by atoms with Crippen molar-refractivity contribution < 1.29 is 9.15 Å². The highest BCUT2D eigenvalue weighted by atomic mass is 16.5. The van der Waals surface area contributed by atoms with Crippen LogP contribution in [0.25, 0.3) is 0 Å². The van der Waals surface area contributed by atoms with Crippen LogP contribution in [0.1, 0.15) is 11.3 Å². The molecule has 0 radical (unpaired) electrons. The van der Waals surface area contributed by atoms with Gasteiger partial charge in [-0.15, -0.1) is 0 Å². The van der Waals surface area contributed by atoms with E-state index >= 15 is 0 Å². The summed E-state index contributed by atoms with van der Waals surface area (Å²) in [5, 5.41) is 6.45. The van der Waals surface area contributed by atoms with Gasteiger partial charge in [-0.1, -0.05) is 30.9 Å². The van der Waals surface area contributed by atoms with Crippen molar-refractivity contribution in [2.24, 2.45) is 4.99 Å². The summed E-state index contributed by atoms with van der Waals surface area (Å²) < 4.78 is 10.9. The Morgan fingerprint density at radius 1 is 1.23 bits per heavy atom. The molecule has 1 aromatic carbocycles. The average molecular weight is 299 g/mol. The summed E-state index contributed by atoms with van der Waals surface area (Å²) in [6, 6.07) is 11.7. The van der Waals surface area contributed by atoms with Gasteiger partial charge in [0.05, 0.1) is 12.8 Å². The molecule has 0 fully saturated rings. The average Bonchev–Trinajstić information content (AvgIpc) is 3.07. The third-order valence-electron chi connectivity index (χ3n) is 3.01. The van der Waals surface area contributed by atoms with Crippen molar-refractivity contribution in [2.75, 3.05) is 13.7 Å². The summed E-state index contributed by atoms with van der Waals surface area (Å²) in [4.78, 5) is 4.19. The van der Waals surface area contributed by atoms with Crippen LogP contribution in [-0.4, -0.2) is 19.6 Å². The van der Waals surface area contributed by atoms with Crippen molar-refractivity contribution in [1.29, 1.82) is 0 Å². The molecule has 5 nitrogen and oxygen atoms in total. The number of aliphatic imine (C=N–C) groups is 1. The molecule has 2 N–H and O–H groups in total. The maximum atomic E-state index is 5.64. The number of para-hydroxylation sites is 1. The molecular formula is C17H21N3O2. The van der Waals surface area contributed by atoms with Crippen LogP contribution < -0.4 is 15.4 Å². The molecule has 0 aliphatic carbocycles. The minimum absolute atomic E-state index is 0.489. The first kappa shape index (κ1) is 15.7. The third kappa shape index (κ3) is 4.70. The Labute approximate surface area is 130 Å². The lowest BCUT2D eigenvalue weighted by Gasteiger charge is -2.13. The van der Waals surface area contributed by atoms with Crippen LogP contribution in [0.3, 0.4) is 0 Å². The van der Waals surface area contributed by atoms with Gasteiger partial charge in [0.1, 0.15) is 18.1 Å². The van der Waals surface area contributed by atoms with Crippen molar-refractivity contribution in [3.63, 3.8) is 0 Å². The number of benzene rings is 1. The van der Waals surface area contributed by atoms with Gasteiger partial charge in [0.15, 0.2) is 5.96 Å². The first-order chi connectivity index (χ1) is 10.8. The summed E-state index contributed by atoms with van der Waals surface area (Å²) >= 11 is 0. The molecule has 0 saturated heterocycles. The number of furan rings is 1. The molecule has 5 heteroatoms. The summed E-state index contributed by atoms with van der Waals surface area (Å²) in [7, 11) is 1.73. The molecule has 0 amide bonds. The van der Waals surface area contributed by atoms with Gasteiger partial charge in [-0.2, -0.15) is 0 Å². The number of nitrogens with one attached hydrogen (secondary N) is 2. The van der Waals surface area contributed by atoms with Gasteiger partial charge in [0, 0.05) is 19.2 Å². The molecule has 0 unspecified atom stereocenters. The normalized spacial score (nSPS) is 11.0. The summed E-state index contributed by atoms with van der Waals surface area (Å²) in [6.45, 7) is 5.35. The number of guanidine groups is 1. The molecule has 0 bridgehead atoms. The van der Waals surface area contributed by atoms with Crippen LogP contribution in [-0.2, 0) is 13.1 Å². The van der Waals surface area contributed by atoms with Gasteiger partial charge in [-0.3, -0.25) is 4.99 Å². The second-order valence-electron chi connectivity index (χ2n) is 4.57. The number of hydrogen-bond donors (Lipinski definition) is 2. The van der Waals surface area contributed by atoms with E-state index in [2.05, 4.69) is 22.2 Å². The topological polar surface area (TPSA) is 58.8 Å². The Balaban J connectivity index is 1.88. The second-order valence-corrected chi connectivity index (χ2v) is 4.57. The van der Waals surface area contributed by atoms with E-state index in [0.717, 1.165) is 17.1 Å². The molecule has 0 aliphatic rings. The first-order valence-corrected chi connectivity index (χ1v) is 7.12. The van der Waals surface area contributed by atoms with E-state index in [1.165, 1.54) is 0 Å². The first-order valence-electron chi connectivity index (χ1n) is 7.12. The lowest BCUT2D eigenvalue weighted by molar-refractivity contribution is 0.358. The van der Waals surface area contributed by atoms with Crippen LogP contribution in [0.2, 0.25) is 0 Å². The molecule has 0 saturated carbocycles. The summed E-state index contributed by atoms with van der Waals surface area (Å²) in [5.41, 5.74) is 1.06. The Kier molecular flexibility index (Phi) is 6.11. The molecule has 1 heterocycles. The fourth-order valence-corrected chi connectivity index (χ4v) is 1.92. The van der Waals surface area contributed by atoms with Gasteiger partial charge in [-0.25, -0.2) is 0 Å². The number of nitrogens with zero attached hydrogens (tertiary/aromatic N) is 1. The predicted octanol–water partition coefficient (Wildman–Crippen LogP) is 2.71. The SMILES string of the molecule is C=CCOc1ccccc1CNC(=NC)NCc1ccco1. The van der Waals surface area contributed by atoms with E-state index in [1.54, 1.807) is 19.4 Å². The zero-order valence-corrected chi connectivity index (χ0v) is 12.7. The number of ether oxygens (including phenoxy) is 1. The lowest BCUT2D eigenvalue weighted by atomic mass is 10.2. The quantitative estimate of drug-likeness (QED) is 0.469. The second kappa shape index (κ2) is 8.56. The smallest absolute Gasteiger partial charge is 0.191 e. The Bertz CT molecular complexity index is 606. The highest BCUT2D eigenvalue weighted by Crippen LogP contribution is 2.17. The lowest BCUT2D eigenvalue weighted by Crippen LogP contribution is -2.36. The Hall–Kier alpha value is -2.69. The van der Waals surface area contributed by atoms with E-state index in [1.807, 2.05) is 36.4 Å². The molecular weight excluding hydrogens is 278 g/mol. The van der Waals surface area contributed by atoms with Gasteiger partial charge in [-0.05, 0) is 18.2 Å². The van der Waals surface area contributed by atoms with E-state index in [-0.39, 0.29) is 0 Å². The molecule has 1 aromatic heterocycles. The summed E-state index contributed by atoms with van der Waals surface area (Å²) in [6.07, 6.45) is 3.38. The van der Waals surface area contributed by atoms with Gasteiger partial charge >= 0.3 is 0 Å². The van der Waals surface area contributed by atoms with Gasteiger partial charge in [0.25, 0.3) is 0 Å². The number of hydrogen-bond acceptors (Lipinski definition) is 3. The maximum absolute atomic E-state index is 5.64. The summed E-state index contributed by atoms with van der Waals surface area (Å²) in [5.74, 6) is 2.41. The van der Waals surface area contributed by atoms with Crippen LogP contribution in [0.5, 0.6) is 5.75 Å². The van der Waals surface area contributed by atoms with Crippen molar-refractivity contribution in [1.82, 2.24) is 10.6 Å². The maximum Gasteiger partial charge on any atom is 0.191 e. The Morgan fingerprint density at radius 2 is 2.05 bits per heavy atom. The van der Waals surface area contributed by atoms with E-state index in [9.17, 15) is 0 Å². The standard InChI is InChI=1S/C17H21N3O2/c1-3-10-22-16-9-5-4-7-14(16)12-19-17(18-2)20-13-15-8-6-11-21-15/h3-9,11H,1,10,12-13H2,2H3,(H2,18,19,20). The van der Waals surface area contributed by atoms with Crippen LogP contribution in [0.15, 0.2) is 64.7 Å².